The molecule has 2 amide bonds. The van der Waals surface area contributed by atoms with Gasteiger partial charge in [-0.1, -0.05) is 25.1 Å². The number of rotatable bonds is 7. The van der Waals surface area contributed by atoms with Gasteiger partial charge in [-0.05, 0) is 61.9 Å². The van der Waals surface area contributed by atoms with Crippen LogP contribution in [0.25, 0.3) is 0 Å². The van der Waals surface area contributed by atoms with Crippen molar-refractivity contribution < 1.29 is 9.53 Å². The summed E-state index contributed by atoms with van der Waals surface area (Å²) in [5, 5.41) is 5.76. The third-order valence-corrected chi connectivity index (χ3v) is 5.12. The van der Waals surface area contributed by atoms with E-state index in [4.69, 9.17) is 4.74 Å². The molecule has 1 aliphatic heterocycles. The molecule has 29 heavy (non-hydrogen) atoms. The van der Waals surface area contributed by atoms with Gasteiger partial charge in [-0.25, -0.2) is 9.78 Å². The molecule has 1 aromatic heterocycles. The van der Waals surface area contributed by atoms with E-state index in [1.54, 1.807) is 0 Å². The first-order valence-electron chi connectivity index (χ1n) is 10.5. The van der Waals surface area contributed by atoms with Crippen LogP contribution in [0.5, 0.6) is 5.75 Å². The van der Waals surface area contributed by atoms with Crippen molar-refractivity contribution >= 4 is 11.8 Å². The molecule has 1 aliphatic rings. The number of anilines is 1. The standard InChI is InChI=1S/C23H32N4O2/c1-17(2)29-21-7-4-19(5-8-21)14-25-23(28)26-16-20-6-9-22(24-15-20)27-12-10-18(3)11-13-27/h4-9,15,17-18H,10-14,16H2,1-3H3,(H2,25,26,28). The molecule has 0 unspecified atom stereocenters. The maximum Gasteiger partial charge on any atom is 0.315 e. The van der Waals surface area contributed by atoms with E-state index in [0.29, 0.717) is 13.1 Å². The number of amides is 2. The van der Waals surface area contributed by atoms with Crippen LogP contribution >= 0.6 is 0 Å². The number of piperidine rings is 1. The summed E-state index contributed by atoms with van der Waals surface area (Å²) in [6.45, 7) is 9.36. The van der Waals surface area contributed by atoms with Crippen molar-refractivity contribution in [3.05, 3.63) is 53.7 Å². The highest BCUT2D eigenvalue weighted by atomic mass is 16.5. The van der Waals surface area contributed by atoms with E-state index >= 15 is 0 Å². The van der Waals surface area contributed by atoms with Gasteiger partial charge in [0.15, 0.2) is 0 Å². The van der Waals surface area contributed by atoms with Crippen molar-refractivity contribution in [1.29, 1.82) is 0 Å². The molecule has 1 aromatic carbocycles. The molecule has 6 nitrogen and oxygen atoms in total. The number of hydrogen-bond donors (Lipinski definition) is 2. The Morgan fingerprint density at radius 1 is 1.07 bits per heavy atom. The van der Waals surface area contributed by atoms with E-state index in [1.165, 1.54) is 12.8 Å². The number of carbonyl (C=O) groups is 1. The summed E-state index contributed by atoms with van der Waals surface area (Å²) in [6, 6.07) is 11.7. The number of benzene rings is 1. The minimum Gasteiger partial charge on any atom is -0.491 e. The minimum absolute atomic E-state index is 0.150. The van der Waals surface area contributed by atoms with Crippen molar-refractivity contribution in [1.82, 2.24) is 15.6 Å². The Balaban J connectivity index is 1.40. The van der Waals surface area contributed by atoms with Crippen molar-refractivity contribution in [2.75, 3.05) is 18.0 Å². The van der Waals surface area contributed by atoms with E-state index < -0.39 is 0 Å². The molecule has 156 valence electrons. The lowest BCUT2D eigenvalue weighted by atomic mass is 9.99. The molecule has 2 aromatic rings. The van der Waals surface area contributed by atoms with Crippen LogP contribution in [0.2, 0.25) is 0 Å². The Morgan fingerprint density at radius 3 is 2.28 bits per heavy atom. The van der Waals surface area contributed by atoms with Gasteiger partial charge >= 0.3 is 6.03 Å². The first-order chi connectivity index (χ1) is 14.0. The Morgan fingerprint density at radius 2 is 1.69 bits per heavy atom. The van der Waals surface area contributed by atoms with Crippen molar-refractivity contribution in [2.45, 2.75) is 52.8 Å². The summed E-state index contributed by atoms with van der Waals surface area (Å²) in [5.41, 5.74) is 2.02. The molecule has 0 bridgehead atoms. The van der Waals surface area contributed by atoms with Gasteiger partial charge < -0.3 is 20.3 Å². The minimum atomic E-state index is -0.193. The second-order valence-corrected chi connectivity index (χ2v) is 8.04. The lowest BCUT2D eigenvalue weighted by Crippen LogP contribution is -2.35. The number of aromatic nitrogens is 1. The Kier molecular flexibility index (Phi) is 7.33. The number of urea groups is 1. The molecule has 1 saturated heterocycles. The van der Waals surface area contributed by atoms with Crippen molar-refractivity contribution in [3.63, 3.8) is 0 Å². The lowest BCUT2D eigenvalue weighted by molar-refractivity contribution is 0.240. The summed E-state index contributed by atoms with van der Waals surface area (Å²) in [6.07, 6.45) is 4.44. The number of nitrogens with one attached hydrogen (secondary N) is 2. The van der Waals surface area contributed by atoms with Gasteiger partial charge in [0.2, 0.25) is 0 Å². The smallest absolute Gasteiger partial charge is 0.315 e. The maximum atomic E-state index is 12.1. The molecule has 0 radical (unpaired) electrons. The molecule has 0 atom stereocenters. The predicted octanol–water partition coefficient (Wildman–Crippen LogP) is 4.10. The van der Waals surface area contributed by atoms with Gasteiger partial charge in [-0.2, -0.15) is 0 Å². The quantitative estimate of drug-likeness (QED) is 0.739. The van der Waals surface area contributed by atoms with Crippen molar-refractivity contribution in [3.8, 4) is 5.75 Å². The summed E-state index contributed by atoms with van der Waals surface area (Å²) in [5.74, 6) is 2.66. The second-order valence-electron chi connectivity index (χ2n) is 8.04. The zero-order valence-electron chi connectivity index (χ0n) is 17.6. The number of pyridine rings is 1. The fourth-order valence-corrected chi connectivity index (χ4v) is 3.33. The Bertz CT molecular complexity index is 766. The predicted molar refractivity (Wildman–Crippen MR) is 116 cm³/mol. The Labute approximate surface area is 173 Å². The molecule has 0 aliphatic carbocycles. The lowest BCUT2D eigenvalue weighted by Gasteiger charge is -2.31. The third kappa shape index (κ3) is 6.66. The van der Waals surface area contributed by atoms with Crippen LogP contribution in [0.1, 0.15) is 44.7 Å². The maximum absolute atomic E-state index is 12.1. The van der Waals surface area contributed by atoms with E-state index in [-0.39, 0.29) is 12.1 Å². The van der Waals surface area contributed by atoms with Gasteiger partial charge in [-0.3, -0.25) is 0 Å². The fraction of sp³-hybridized carbons (Fsp3) is 0.478. The largest absolute Gasteiger partial charge is 0.491 e. The van der Waals surface area contributed by atoms with Crippen molar-refractivity contribution in [2.24, 2.45) is 5.92 Å². The van der Waals surface area contributed by atoms with Gasteiger partial charge in [0, 0.05) is 32.4 Å². The van der Waals surface area contributed by atoms with Crippen LogP contribution in [0, 0.1) is 5.92 Å². The zero-order valence-corrected chi connectivity index (χ0v) is 17.6. The molecular formula is C23H32N4O2. The van der Waals surface area contributed by atoms with Crippen LogP contribution in [-0.2, 0) is 13.1 Å². The molecule has 2 heterocycles. The summed E-state index contributed by atoms with van der Waals surface area (Å²) in [7, 11) is 0. The molecular weight excluding hydrogens is 364 g/mol. The van der Waals surface area contributed by atoms with Gasteiger partial charge in [-0.15, -0.1) is 0 Å². The Hall–Kier alpha value is -2.76. The molecule has 6 heteroatoms. The van der Waals surface area contributed by atoms with E-state index in [0.717, 1.165) is 41.7 Å². The first-order valence-corrected chi connectivity index (χ1v) is 10.5. The number of hydrogen-bond acceptors (Lipinski definition) is 4. The summed E-state index contributed by atoms with van der Waals surface area (Å²) < 4.78 is 5.63. The fourth-order valence-electron chi connectivity index (χ4n) is 3.33. The average Bonchev–Trinajstić information content (AvgIpc) is 2.72. The molecule has 0 saturated carbocycles. The SMILES string of the molecule is CC1CCN(c2ccc(CNC(=O)NCc3ccc(OC(C)C)cc3)cn2)CC1. The highest BCUT2D eigenvalue weighted by Crippen LogP contribution is 2.21. The second kappa shape index (κ2) is 10.1. The highest BCUT2D eigenvalue weighted by molar-refractivity contribution is 5.73. The molecule has 3 rings (SSSR count). The number of nitrogens with zero attached hydrogens (tertiary/aromatic N) is 2. The van der Waals surface area contributed by atoms with Crippen LogP contribution < -0.4 is 20.3 Å². The molecule has 2 N–H and O–H groups in total. The van der Waals surface area contributed by atoms with E-state index in [1.807, 2.05) is 56.4 Å². The monoisotopic (exact) mass is 396 g/mol. The van der Waals surface area contributed by atoms with Gasteiger partial charge in [0.25, 0.3) is 0 Å². The molecule has 1 fully saturated rings. The summed E-state index contributed by atoms with van der Waals surface area (Å²) >= 11 is 0. The third-order valence-electron chi connectivity index (χ3n) is 5.12. The normalized spacial score (nSPS) is 14.7. The number of carbonyl (C=O) groups excluding carboxylic acids is 1. The topological polar surface area (TPSA) is 66.5 Å². The van der Waals surface area contributed by atoms with Crippen LogP contribution in [0.3, 0.4) is 0 Å². The van der Waals surface area contributed by atoms with E-state index in [2.05, 4.69) is 27.4 Å². The highest BCUT2D eigenvalue weighted by Gasteiger charge is 2.16. The summed E-state index contributed by atoms with van der Waals surface area (Å²) in [4.78, 5) is 19.0. The first kappa shape index (κ1) is 21.0. The van der Waals surface area contributed by atoms with Crippen LogP contribution in [0.4, 0.5) is 10.6 Å². The zero-order chi connectivity index (χ0) is 20.6. The van der Waals surface area contributed by atoms with Gasteiger partial charge in [0.05, 0.1) is 6.10 Å². The van der Waals surface area contributed by atoms with Crippen LogP contribution in [-0.4, -0.2) is 30.2 Å². The molecule has 0 spiro atoms. The average molecular weight is 397 g/mol. The van der Waals surface area contributed by atoms with E-state index in [9.17, 15) is 4.79 Å². The number of ether oxygens (including phenoxy) is 1. The van der Waals surface area contributed by atoms with Gasteiger partial charge in [0.1, 0.15) is 11.6 Å². The van der Waals surface area contributed by atoms with Crippen LogP contribution in [0.15, 0.2) is 42.6 Å².